The topological polar surface area (TPSA) is 119 Å². The molecule has 0 aliphatic heterocycles. The second kappa shape index (κ2) is 40.8. The fourth-order valence-electron chi connectivity index (χ4n) is 5.20. The maximum Gasteiger partial charge on any atom is 0.308 e. The number of hydrogen-bond donors (Lipinski definition) is 0. The number of carbonyl (C=O) groups excluding carboxylic acids is 1. The number of rotatable bonds is 43. The highest BCUT2D eigenvalue weighted by atomic mass is 16.6. The van der Waals surface area contributed by atoms with Gasteiger partial charge in [0.2, 0.25) is 0 Å². The monoisotopic (exact) mass is 773 g/mol. The van der Waals surface area contributed by atoms with Crippen molar-refractivity contribution in [2.75, 3.05) is 132 Å². The molecule has 0 radical (unpaired) electrons. The largest absolute Gasteiger partial charge is 0.491 e. The number of unbranched alkanes of at least 4 members (excludes halogenated alkanes) is 6. The van der Waals surface area contributed by atoms with E-state index < -0.39 is 0 Å². The molecule has 0 amide bonds. The van der Waals surface area contributed by atoms with Crippen LogP contribution in [0.5, 0.6) is 5.75 Å². The average molecular weight is 773 g/mol. The summed E-state index contributed by atoms with van der Waals surface area (Å²) in [7, 11) is 0. The number of hydrogen-bond acceptors (Lipinski definition) is 12. The highest BCUT2D eigenvalue weighted by Crippen LogP contribution is 2.16. The van der Waals surface area contributed by atoms with Crippen LogP contribution in [0.4, 0.5) is 0 Å². The van der Waals surface area contributed by atoms with Gasteiger partial charge in [-0.25, -0.2) is 0 Å². The lowest BCUT2D eigenvalue weighted by Crippen LogP contribution is -2.20. The Balaban J connectivity index is 1.71. The predicted octanol–water partition coefficient (Wildman–Crippen LogP) is 6.88. The molecular formula is C42H76O12. The Bertz CT molecular complexity index is 904. The Kier molecular flexibility index (Phi) is 37.9. The van der Waals surface area contributed by atoms with Crippen LogP contribution in [-0.2, 0) is 58.6 Å². The molecule has 0 N–H and O–H groups in total. The molecule has 0 aliphatic carbocycles. The van der Waals surface area contributed by atoms with Crippen LogP contribution in [0.15, 0.2) is 24.3 Å². The van der Waals surface area contributed by atoms with Gasteiger partial charge in [-0.1, -0.05) is 77.8 Å². The van der Waals surface area contributed by atoms with Crippen LogP contribution in [0.3, 0.4) is 0 Å². The smallest absolute Gasteiger partial charge is 0.308 e. The summed E-state index contributed by atoms with van der Waals surface area (Å²) < 4.78 is 60.7. The van der Waals surface area contributed by atoms with Crippen molar-refractivity contribution in [3.8, 4) is 5.75 Å². The molecule has 1 rings (SSSR count). The van der Waals surface area contributed by atoms with Gasteiger partial charge in [0.25, 0.3) is 0 Å². The van der Waals surface area contributed by atoms with Crippen LogP contribution in [0.25, 0.3) is 0 Å². The van der Waals surface area contributed by atoms with Crippen molar-refractivity contribution in [2.24, 2.45) is 5.92 Å². The van der Waals surface area contributed by atoms with Gasteiger partial charge in [-0.15, -0.1) is 0 Å². The lowest BCUT2D eigenvalue weighted by atomic mass is 10.00. The van der Waals surface area contributed by atoms with Crippen LogP contribution >= 0.6 is 0 Å². The zero-order valence-electron chi connectivity index (χ0n) is 34.2. The molecule has 0 aliphatic rings. The van der Waals surface area contributed by atoms with Gasteiger partial charge in [0.1, 0.15) is 19.0 Å². The van der Waals surface area contributed by atoms with E-state index in [9.17, 15) is 4.79 Å². The molecule has 12 heteroatoms. The molecule has 0 saturated carbocycles. The highest BCUT2D eigenvalue weighted by molar-refractivity contribution is 5.72. The minimum Gasteiger partial charge on any atom is -0.491 e. The molecule has 0 fully saturated rings. The Hall–Kier alpha value is -1.87. The normalized spacial score (nSPS) is 12.0. The quantitative estimate of drug-likeness (QED) is 0.0509. The highest BCUT2D eigenvalue weighted by Gasteiger charge is 2.17. The maximum absolute atomic E-state index is 12.0. The van der Waals surface area contributed by atoms with E-state index in [4.69, 9.17) is 52.1 Å². The first kappa shape index (κ1) is 50.1. The molecule has 12 nitrogen and oxygen atoms in total. The number of ether oxygens (including phenoxy) is 11. The Labute approximate surface area is 327 Å². The summed E-state index contributed by atoms with van der Waals surface area (Å²) in [5, 5.41) is 0. The molecule has 0 heterocycles. The van der Waals surface area contributed by atoms with E-state index in [1.54, 1.807) is 0 Å². The fraction of sp³-hybridized carbons (Fsp3) is 0.833. The summed E-state index contributed by atoms with van der Waals surface area (Å²) in [5.74, 6) is 0.761. The molecule has 316 valence electrons. The summed E-state index contributed by atoms with van der Waals surface area (Å²) in [6.45, 7) is 16.1. The van der Waals surface area contributed by atoms with Gasteiger partial charge in [0, 0.05) is 0 Å². The van der Waals surface area contributed by atoms with E-state index in [2.05, 4.69) is 26.0 Å². The van der Waals surface area contributed by atoms with Crippen LogP contribution in [0.1, 0.15) is 90.5 Å². The van der Waals surface area contributed by atoms with Gasteiger partial charge < -0.3 is 52.1 Å². The molecule has 1 aromatic carbocycles. The summed E-state index contributed by atoms with van der Waals surface area (Å²) in [5.41, 5.74) is 1.38. The second-order valence-corrected chi connectivity index (χ2v) is 12.9. The third-order valence-electron chi connectivity index (χ3n) is 8.42. The number of aryl methyl sites for hydroxylation is 1. The van der Waals surface area contributed by atoms with E-state index in [1.165, 1.54) is 44.1 Å². The first-order chi connectivity index (χ1) is 26.7. The Morgan fingerprint density at radius 1 is 0.444 bits per heavy atom. The van der Waals surface area contributed by atoms with E-state index in [1.807, 2.05) is 19.1 Å². The van der Waals surface area contributed by atoms with E-state index in [-0.39, 0.29) is 18.5 Å². The van der Waals surface area contributed by atoms with Crippen molar-refractivity contribution in [3.05, 3.63) is 29.8 Å². The summed E-state index contributed by atoms with van der Waals surface area (Å²) in [6, 6.07) is 8.43. The van der Waals surface area contributed by atoms with E-state index in [0.29, 0.717) is 126 Å². The van der Waals surface area contributed by atoms with Crippen molar-refractivity contribution in [1.82, 2.24) is 0 Å². The van der Waals surface area contributed by atoms with Gasteiger partial charge in [-0.05, 0) is 43.4 Å². The summed E-state index contributed by atoms with van der Waals surface area (Å²) >= 11 is 0. The molecule has 1 atom stereocenters. The van der Waals surface area contributed by atoms with Crippen molar-refractivity contribution >= 4 is 5.97 Å². The number of benzene rings is 1. The summed E-state index contributed by atoms with van der Waals surface area (Å²) in [6.07, 6.45) is 12.9. The third kappa shape index (κ3) is 33.5. The molecule has 54 heavy (non-hydrogen) atoms. The minimum atomic E-state index is -0.118. The van der Waals surface area contributed by atoms with Crippen molar-refractivity contribution in [3.63, 3.8) is 0 Å². The molecule has 0 spiro atoms. The number of esters is 1. The number of carbonyl (C=O) groups is 1. The third-order valence-corrected chi connectivity index (χ3v) is 8.42. The Morgan fingerprint density at radius 3 is 1.22 bits per heavy atom. The average Bonchev–Trinajstić information content (AvgIpc) is 3.19. The SMILES string of the molecule is CCCCCCCCc1ccc(OCCOCCOCCOCCOCCOCCOCCOCCOCCOCCOC(=O)C(CC)CCCC)cc1. The lowest BCUT2D eigenvalue weighted by molar-refractivity contribution is -0.150. The zero-order valence-corrected chi connectivity index (χ0v) is 34.2. The first-order valence-electron chi connectivity index (χ1n) is 20.8. The van der Waals surface area contributed by atoms with E-state index in [0.717, 1.165) is 37.9 Å². The second-order valence-electron chi connectivity index (χ2n) is 12.9. The van der Waals surface area contributed by atoms with Crippen LogP contribution in [0, 0.1) is 5.92 Å². The van der Waals surface area contributed by atoms with Gasteiger partial charge in [-0.2, -0.15) is 0 Å². The zero-order chi connectivity index (χ0) is 38.8. The standard InChI is InChI=1S/C42H76O12/c1-4-7-9-10-11-12-13-39-15-17-41(18-16-39)53-37-35-51-33-31-49-29-27-47-25-23-45-21-19-44-20-22-46-24-26-48-28-30-50-32-34-52-36-38-54-42(43)40(6-3)14-8-5-2/h15-18,40H,4-14,19-38H2,1-3H3. The van der Waals surface area contributed by atoms with Gasteiger partial charge in [0.05, 0.1) is 125 Å². The molecule has 0 bridgehead atoms. The molecule has 0 saturated heterocycles. The van der Waals surface area contributed by atoms with Gasteiger partial charge in [-0.3, -0.25) is 4.79 Å². The fourth-order valence-corrected chi connectivity index (χ4v) is 5.20. The van der Waals surface area contributed by atoms with E-state index >= 15 is 0 Å². The van der Waals surface area contributed by atoms with Gasteiger partial charge in [0.15, 0.2) is 0 Å². The first-order valence-corrected chi connectivity index (χ1v) is 20.8. The maximum atomic E-state index is 12.0. The minimum absolute atomic E-state index is 0.00339. The van der Waals surface area contributed by atoms with Crippen molar-refractivity contribution in [2.45, 2.75) is 91.4 Å². The molecule has 1 unspecified atom stereocenters. The van der Waals surface area contributed by atoms with Crippen molar-refractivity contribution in [1.29, 1.82) is 0 Å². The van der Waals surface area contributed by atoms with Crippen LogP contribution in [-0.4, -0.2) is 138 Å². The van der Waals surface area contributed by atoms with Crippen LogP contribution < -0.4 is 4.74 Å². The Morgan fingerprint density at radius 2 is 0.815 bits per heavy atom. The van der Waals surface area contributed by atoms with Crippen molar-refractivity contribution < 1.29 is 56.9 Å². The lowest BCUT2D eigenvalue weighted by Gasteiger charge is -2.13. The summed E-state index contributed by atoms with van der Waals surface area (Å²) in [4.78, 5) is 12.0. The van der Waals surface area contributed by atoms with Gasteiger partial charge >= 0.3 is 5.97 Å². The molecule has 1 aromatic rings. The molecular weight excluding hydrogens is 696 g/mol. The molecule has 0 aromatic heterocycles. The van der Waals surface area contributed by atoms with Crippen LogP contribution in [0.2, 0.25) is 0 Å². The predicted molar refractivity (Wildman–Crippen MR) is 211 cm³/mol.